The highest BCUT2D eigenvalue weighted by Gasteiger charge is 2.21. The van der Waals surface area contributed by atoms with E-state index in [1.54, 1.807) is 11.3 Å². The SMILES string of the molecule is CCCC1CCC(Nc2nc(CC(=O)OC)cs2)CC1. The van der Waals surface area contributed by atoms with Gasteiger partial charge in [0, 0.05) is 11.4 Å². The second-order valence-corrected chi connectivity index (χ2v) is 6.41. The normalized spacial score (nSPS) is 22.5. The maximum absolute atomic E-state index is 11.2. The molecule has 1 N–H and O–H groups in total. The summed E-state index contributed by atoms with van der Waals surface area (Å²) in [5.74, 6) is 0.686. The van der Waals surface area contributed by atoms with Crippen LogP contribution in [0.2, 0.25) is 0 Å². The zero-order valence-electron chi connectivity index (χ0n) is 12.4. The lowest BCUT2D eigenvalue weighted by Gasteiger charge is -2.28. The lowest BCUT2D eigenvalue weighted by Crippen LogP contribution is -2.26. The molecule has 0 radical (unpaired) electrons. The number of esters is 1. The Bertz CT molecular complexity index is 425. The highest BCUT2D eigenvalue weighted by atomic mass is 32.1. The fraction of sp³-hybridized carbons (Fsp3) is 0.733. The van der Waals surface area contributed by atoms with Gasteiger partial charge in [-0.15, -0.1) is 11.3 Å². The molecule has 0 spiro atoms. The van der Waals surface area contributed by atoms with E-state index < -0.39 is 0 Å². The summed E-state index contributed by atoms with van der Waals surface area (Å²) in [5.41, 5.74) is 0.795. The molecular formula is C15H24N2O2S. The highest BCUT2D eigenvalue weighted by molar-refractivity contribution is 7.13. The molecule has 0 atom stereocenters. The average Bonchev–Trinajstić information content (AvgIpc) is 2.88. The molecule has 1 saturated carbocycles. The van der Waals surface area contributed by atoms with Crippen molar-refractivity contribution in [3.8, 4) is 0 Å². The van der Waals surface area contributed by atoms with Crippen LogP contribution < -0.4 is 5.32 Å². The van der Waals surface area contributed by atoms with Gasteiger partial charge in [-0.1, -0.05) is 19.8 Å². The van der Waals surface area contributed by atoms with Crippen molar-refractivity contribution in [2.45, 2.75) is 57.9 Å². The summed E-state index contributed by atoms with van der Waals surface area (Å²) < 4.78 is 4.65. The maximum atomic E-state index is 11.2. The molecular weight excluding hydrogens is 272 g/mol. The maximum Gasteiger partial charge on any atom is 0.311 e. The van der Waals surface area contributed by atoms with Crippen LogP contribution in [-0.4, -0.2) is 24.1 Å². The Labute approximate surface area is 124 Å². The van der Waals surface area contributed by atoms with Gasteiger partial charge in [-0.2, -0.15) is 0 Å². The molecule has 0 amide bonds. The second kappa shape index (κ2) is 7.62. The van der Waals surface area contributed by atoms with Gasteiger partial charge in [0.1, 0.15) is 0 Å². The van der Waals surface area contributed by atoms with E-state index in [1.165, 1.54) is 45.6 Å². The number of thiazole rings is 1. The third kappa shape index (κ3) is 4.47. The molecule has 112 valence electrons. The number of carbonyl (C=O) groups is 1. The lowest BCUT2D eigenvalue weighted by atomic mass is 9.83. The number of carbonyl (C=O) groups excluding carboxylic acids is 1. The molecule has 0 aliphatic heterocycles. The molecule has 1 heterocycles. The Morgan fingerprint density at radius 2 is 2.20 bits per heavy atom. The van der Waals surface area contributed by atoms with Crippen LogP contribution in [-0.2, 0) is 16.0 Å². The van der Waals surface area contributed by atoms with Gasteiger partial charge < -0.3 is 10.1 Å². The molecule has 0 aromatic carbocycles. The number of methoxy groups -OCH3 is 1. The summed E-state index contributed by atoms with van der Waals surface area (Å²) >= 11 is 1.58. The van der Waals surface area contributed by atoms with Crippen LogP contribution in [0.15, 0.2) is 5.38 Å². The molecule has 1 aromatic rings. The largest absolute Gasteiger partial charge is 0.469 e. The van der Waals surface area contributed by atoms with Crippen LogP contribution >= 0.6 is 11.3 Å². The van der Waals surface area contributed by atoms with Crippen LogP contribution in [0.5, 0.6) is 0 Å². The second-order valence-electron chi connectivity index (χ2n) is 5.55. The Morgan fingerprint density at radius 3 is 2.85 bits per heavy atom. The Balaban J connectivity index is 1.78. The van der Waals surface area contributed by atoms with Gasteiger partial charge in [-0.3, -0.25) is 4.79 Å². The number of anilines is 1. The summed E-state index contributed by atoms with van der Waals surface area (Å²) in [6.07, 6.45) is 8.04. The first kappa shape index (κ1) is 15.3. The smallest absolute Gasteiger partial charge is 0.311 e. The summed E-state index contributed by atoms with van der Waals surface area (Å²) in [6, 6.07) is 0.542. The predicted molar refractivity (Wildman–Crippen MR) is 82.1 cm³/mol. The van der Waals surface area contributed by atoms with Crippen molar-refractivity contribution in [2.24, 2.45) is 5.92 Å². The fourth-order valence-electron chi connectivity index (χ4n) is 2.85. The van der Waals surface area contributed by atoms with Crippen molar-refractivity contribution >= 4 is 22.4 Å². The van der Waals surface area contributed by atoms with Gasteiger partial charge in [-0.25, -0.2) is 4.98 Å². The molecule has 4 nitrogen and oxygen atoms in total. The predicted octanol–water partition coefficient (Wildman–Crippen LogP) is 3.63. The van der Waals surface area contributed by atoms with Gasteiger partial charge in [0.2, 0.25) is 0 Å². The summed E-state index contributed by atoms with van der Waals surface area (Å²) in [6.45, 7) is 2.27. The summed E-state index contributed by atoms with van der Waals surface area (Å²) in [4.78, 5) is 15.7. The zero-order valence-corrected chi connectivity index (χ0v) is 13.2. The molecule has 2 rings (SSSR count). The highest BCUT2D eigenvalue weighted by Crippen LogP contribution is 2.30. The Hall–Kier alpha value is -1.10. The van der Waals surface area contributed by atoms with Crippen LogP contribution in [0.4, 0.5) is 5.13 Å². The third-order valence-electron chi connectivity index (χ3n) is 3.98. The quantitative estimate of drug-likeness (QED) is 0.814. The first-order valence-corrected chi connectivity index (χ1v) is 8.37. The van der Waals surface area contributed by atoms with Gasteiger partial charge in [0.15, 0.2) is 5.13 Å². The van der Waals surface area contributed by atoms with Crippen LogP contribution in [0.3, 0.4) is 0 Å². The fourth-order valence-corrected chi connectivity index (χ4v) is 3.64. The van der Waals surface area contributed by atoms with E-state index in [0.717, 1.165) is 16.7 Å². The summed E-state index contributed by atoms with van der Waals surface area (Å²) in [5, 5.41) is 6.38. The number of nitrogens with zero attached hydrogens (tertiary/aromatic N) is 1. The van der Waals surface area contributed by atoms with E-state index in [4.69, 9.17) is 0 Å². The topological polar surface area (TPSA) is 51.2 Å². The summed E-state index contributed by atoms with van der Waals surface area (Å²) in [7, 11) is 1.41. The van der Waals surface area contributed by atoms with E-state index in [-0.39, 0.29) is 12.4 Å². The zero-order chi connectivity index (χ0) is 14.4. The molecule has 1 fully saturated rings. The molecule has 0 bridgehead atoms. The van der Waals surface area contributed by atoms with Crippen LogP contribution in [0.25, 0.3) is 0 Å². The number of ether oxygens (including phenoxy) is 1. The number of hydrogen-bond acceptors (Lipinski definition) is 5. The standard InChI is InChI=1S/C15H24N2O2S/c1-3-4-11-5-7-12(8-6-11)16-15-17-13(10-20-15)9-14(18)19-2/h10-12H,3-9H2,1-2H3,(H,16,17). The van der Waals surface area contributed by atoms with E-state index in [9.17, 15) is 4.79 Å². The van der Waals surface area contributed by atoms with Crippen molar-refractivity contribution in [2.75, 3.05) is 12.4 Å². The van der Waals surface area contributed by atoms with Crippen molar-refractivity contribution in [3.63, 3.8) is 0 Å². The van der Waals surface area contributed by atoms with Crippen molar-refractivity contribution in [1.29, 1.82) is 0 Å². The van der Waals surface area contributed by atoms with Gasteiger partial charge >= 0.3 is 5.97 Å². The minimum atomic E-state index is -0.234. The van der Waals surface area contributed by atoms with Crippen molar-refractivity contribution < 1.29 is 9.53 Å². The number of rotatable bonds is 6. The first-order chi connectivity index (χ1) is 9.71. The molecule has 1 aliphatic rings. The van der Waals surface area contributed by atoms with E-state index in [2.05, 4.69) is 22.0 Å². The Kier molecular flexibility index (Phi) is 5.83. The monoisotopic (exact) mass is 296 g/mol. The third-order valence-corrected chi connectivity index (χ3v) is 4.80. The number of nitrogens with one attached hydrogen (secondary N) is 1. The number of hydrogen-bond donors (Lipinski definition) is 1. The minimum Gasteiger partial charge on any atom is -0.469 e. The van der Waals surface area contributed by atoms with Gasteiger partial charge in [0.25, 0.3) is 0 Å². The first-order valence-electron chi connectivity index (χ1n) is 7.49. The molecule has 0 saturated heterocycles. The lowest BCUT2D eigenvalue weighted by molar-refractivity contribution is -0.139. The molecule has 5 heteroatoms. The van der Waals surface area contributed by atoms with E-state index in [0.29, 0.717) is 6.04 Å². The molecule has 1 aliphatic carbocycles. The van der Waals surface area contributed by atoms with Crippen LogP contribution in [0.1, 0.15) is 51.1 Å². The molecule has 20 heavy (non-hydrogen) atoms. The van der Waals surface area contributed by atoms with E-state index >= 15 is 0 Å². The van der Waals surface area contributed by atoms with Gasteiger partial charge in [0.05, 0.1) is 19.2 Å². The van der Waals surface area contributed by atoms with Crippen molar-refractivity contribution in [1.82, 2.24) is 4.98 Å². The average molecular weight is 296 g/mol. The van der Waals surface area contributed by atoms with E-state index in [1.807, 2.05) is 5.38 Å². The Morgan fingerprint density at radius 1 is 1.45 bits per heavy atom. The molecule has 1 aromatic heterocycles. The number of aromatic nitrogens is 1. The van der Waals surface area contributed by atoms with Gasteiger partial charge in [-0.05, 0) is 31.6 Å². The van der Waals surface area contributed by atoms with Crippen LogP contribution in [0, 0.1) is 5.92 Å². The molecule has 0 unspecified atom stereocenters. The van der Waals surface area contributed by atoms with Crippen molar-refractivity contribution in [3.05, 3.63) is 11.1 Å². The minimum absolute atomic E-state index is 0.234.